The zero-order valence-corrected chi connectivity index (χ0v) is 9.46. The van der Waals surface area contributed by atoms with Crippen molar-refractivity contribution in [1.82, 2.24) is 5.32 Å². The predicted octanol–water partition coefficient (Wildman–Crippen LogP) is 1.82. The topological polar surface area (TPSA) is 32.3 Å². The maximum absolute atomic E-state index is 10.5. The van der Waals surface area contributed by atoms with Crippen LogP contribution in [0.15, 0.2) is 24.3 Å². The molecule has 2 nitrogen and oxygen atoms in total. The summed E-state index contributed by atoms with van der Waals surface area (Å²) in [5.41, 5.74) is 1.69. The summed E-state index contributed by atoms with van der Waals surface area (Å²) >= 11 is 0. The molecule has 0 radical (unpaired) electrons. The molecule has 2 rings (SSSR count). The Labute approximate surface area is 91.3 Å². The Morgan fingerprint density at radius 2 is 2.07 bits per heavy atom. The lowest BCUT2D eigenvalue weighted by atomic mass is 9.87. The molecule has 1 fully saturated rings. The smallest absolute Gasteiger partial charge is 0.106 e. The van der Waals surface area contributed by atoms with E-state index < -0.39 is 5.60 Å². The normalized spacial score (nSPS) is 30.7. The van der Waals surface area contributed by atoms with Gasteiger partial charge in [-0.15, -0.1) is 0 Å². The van der Waals surface area contributed by atoms with Crippen molar-refractivity contribution in [1.29, 1.82) is 0 Å². The summed E-state index contributed by atoms with van der Waals surface area (Å²) in [6, 6.07) is 8.48. The van der Waals surface area contributed by atoms with Gasteiger partial charge in [-0.25, -0.2) is 0 Å². The maximum Gasteiger partial charge on any atom is 0.106 e. The largest absolute Gasteiger partial charge is 0.383 e. The van der Waals surface area contributed by atoms with E-state index in [1.54, 1.807) is 0 Å². The number of hydrogen-bond donors (Lipinski definition) is 2. The molecule has 1 aliphatic heterocycles. The maximum atomic E-state index is 10.5. The monoisotopic (exact) mass is 205 g/mol. The zero-order chi connectivity index (χ0) is 10.9. The molecule has 0 spiro atoms. The van der Waals surface area contributed by atoms with Crippen molar-refractivity contribution in [2.75, 3.05) is 6.54 Å². The minimum atomic E-state index is -0.674. The van der Waals surface area contributed by atoms with Crippen molar-refractivity contribution in [3.63, 3.8) is 0 Å². The Kier molecular flexibility index (Phi) is 2.81. The van der Waals surface area contributed by atoms with Crippen LogP contribution in [0.1, 0.15) is 31.4 Å². The average Bonchev–Trinajstić information content (AvgIpc) is 2.61. The van der Waals surface area contributed by atoms with Gasteiger partial charge in [0.2, 0.25) is 0 Å². The van der Waals surface area contributed by atoms with Gasteiger partial charge in [-0.05, 0) is 37.4 Å². The molecule has 0 bridgehead atoms. The van der Waals surface area contributed by atoms with E-state index in [0.717, 1.165) is 24.9 Å². The van der Waals surface area contributed by atoms with Gasteiger partial charge >= 0.3 is 0 Å². The minimum Gasteiger partial charge on any atom is -0.383 e. The van der Waals surface area contributed by atoms with E-state index >= 15 is 0 Å². The van der Waals surface area contributed by atoms with Crippen LogP contribution in [0.3, 0.4) is 0 Å². The highest BCUT2D eigenvalue weighted by atomic mass is 16.3. The van der Waals surface area contributed by atoms with Gasteiger partial charge in [0.1, 0.15) is 5.60 Å². The van der Waals surface area contributed by atoms with Crippen LogP contribution in [0.2, 0.25) is 0 Å². The summed E-state index contributed by atoms with van der Waals surface area (Å²) in [4.78, 5) is 0. The van der Waals surface area contributed by atoms with Crippen molar-refractivity contribution in [2.45, 2.75) is 38.3 Å². The zero-order valence-electron chi connectivity index (χ0n) is 9.46. The van der Waals surface area contributed by atoms with Crippen LogP contribution in [-0.2, 0) is 12.0 Å². The molecule has 1 aromatic rings. The van der Waals surface area contributed by atoms with Crippen molar-refractivity contribution in [3.05, 3.63) is 35.4 Å². The lowest BCUT2D eigenvalue weighted by Crippen LogP contribution is -2.37. The quantitative estimate of drug-likeness (QED) is 0.772. The second-order valence-corrected chi connectivity index (χ2v) is 4.40. The summed E-state index contributed by atoms with van der Waals surface area (Å²) in [6.45, 7) is 5.08. The molecule has 0 amide bonds. The molecule has 2 unspecified atom stereocenters. The average molecular weight is 205 g/mol. The Morgan fingerprint density at radius 3 is 2.53 bits per heavy atom. The second kappa shape index (κ2) is 3.95. The van der Waals surface area contributed by atoms with Crippen LogP contribution >= 0.6 is 0 Å². The van der Waals surface area contributed by atoms with E-state index in [2.05, 4.69) is 36.5 Å². The summed E-state index contributed by atoms with van der Waals surface area (Å²) < 4.78 is 0. The molecule has 15 heavy (non-hydrogen) atoms. The van der Waals surface area contributed by atoms with Crippen LogP contribution < -0.4 is 5.32 Å². The van der Waals surface area contributed by atoms with E-state index in [0.29, 0.717) is 0 Å². The second-order valence-electron chi connectivity index (χ2n) is 4.40. The fourth-order valence-corrected chi connectivity index (χ4v) is 2.29. The molecule has 82 valence electrons. The highest BCUT2D eigenvalue weighted by molar-refractivity contribution is 5.29. The van der Waals surface area contributed by atoms with Gasteiger partial charge in [-0.3, -0.25) is 0 Å². The number of aliphatic hydroxyl groups is 1. The van der Waals surface area contributed by atoms with Crippen LogP contribution in [0.4, 0.5) is 0 Å². The van der Waals surface area contributed by atoms with Gasteiger partial charge in [0.05, 0.1) is 0 Å². The van der Waals surface area contributed by atoms with E-state index in [1.807, 2.05) is 6.92 Å². The molecule has 0 aliphatic carbocycles. The fourth-order valence-electron chi connectivity index (χ4n) is 2.29. The fraction of sp³-hybridized carbons (Fsp3) is 0.538. The van der Waals surface area contributed by atoms with E-state index in [1.165, 1.54) is 5.56 Å². The SMILES string of the molecule is CCc1ccc(C2(O)CCNC2C)cc1. The standard InChI is InChI=1S/C13H19NO/c1-3-11-4-6-12(7-5-11)13(15)8-9-14-10(13)2/h4-7,10,14-15H,3,8-9H2,1-2H3. The highest BCUT2D eigenvalue weighted by Gasteiger charge is 2.39. The van der Waals surface area contributed by atoms with Gasteiger partial charge in [0.15, 0.2) is 0 Å². The predicted molar refractivity (Wildman–Crippen MR) is 61.8 cm³/mol. The third-order valence-electron chi connectivity index (χ3n) is 3.54. The van der Waals surface area contributed by atoms with Gasteiger partial charge in [0, 0.05) is 6.04 Å². The number of nitrogens with one attached hydrogen (secondary N) is 1. The molecule has 2 atom stereocenters. The highest BCUT2D eigenvalue weighted by Crippen LogP contribution is 2.32. The van der Waals surface area contributed by atoms with Crippen LogP contribution in [0.5, 0.6) is 0 Å². The summed E-state index contributed by atoms with van der Waals surface area (Å²) in [5.74, 6) is 0. The molecule has 1 aliphatic rings. The van der Waals surface area contributed by atoms with Crippen molar-refractivity contribution in [2.24, 2.45) is 0 Å². The third-order valence-corrected chi connectivity index (χ3v) is 3.54. The van der Waals surface area contributed by atoms with Gasteiger partial charge in [-0.1, -0.05) is 31.2 Å². The summed E-state index contributed by atoms with van der Waals surface area (Å²) in [6.07, 6.45) is 1.85. The first-order valence-electron chi connectivity index (χ1n) is 5.72. The minimum absolute atomic E-state index is 0.143. The Bertz CT molecular complexity index is 333. The van der Waals surface area contributed by atoms with Crippen LogP contribution in [-0.4, -0.2) is 17.7 Å². The van der Waals surface area contributed by atoms with Gasteiger partial charge in [0.25, 0.3) is 0 Å². The first kappa shape index (κ1) is 10.7. The molecular weight excluding hydrogens is 186 g/mol. The molecule has 1 aromatic carbocycles. The lowest BCUT2D eigenvalue weighted by molar-refractivity contribution is 0.0293. The Morgan fingerprint density at radius 1 is 1.40 bits per heavy atom. The lowest BCUT2D eigenvalue weighted by Gasteiger charge is -2.27. The van der Waals surface area contributed by atoms with E-state index in [9.17, 15) is 5.11 Å². The van der Waals surface area contributed by atoms with Gasteiger partial charge < -0.3 is 10.4 Å². The van der Waals surface area contributed by atoms with E-state index in [4.69, 9.17) is 0 Å². The molecule has 2 heteroatoms. The number of aryl methyl sites for hydroxylation is 1. The summed E-state index contributed by atoms with van der Waals surface area (Å²) in [7, 11) is 0. The third kappa shape index (κ3) is 1.80. The van der Waals surface area contributed by atoms with Crippen molar-refractivity contribution >= 4 is 0 Å². The van der Waals surface area contributed by atoms with Gasteiger partial charge in [-0.2, -0.15) is 0 Å². The van der Waals surface area contributed by atoms with Crippen LogP contribution in [0.25, 0.3) is 0 Å². The Hall–Kier alpha value is -0.860. The number of benzene rings is 1. The van der Waals surface area contributed by atoms with Crippen molar-refractivity contribution in [3.8, 4) is 0 Å². The molecule has 1 saturated heterocycles. The van der Waals surface area contributed by atoms with E-state index in [-0.39, 0.29) is 6.04 Å². The molecule has 0 saturated carbocycles. The molecular formula is C13H19NO. The van der Waals surface area contributed by atoms with Crippen LogP contribution in [0, 0.1) is 0 Å². The summed E-state index contributed by atoms with van der Waals surface area (Å²) in [5, 5.41) is 13.8. The molecule has 0 aromatic heterocycles. The Balaban J connectivity index is 2.28. The molecule has 2 N–H and O–H groups in total. The van der Waals surface area contributed by atoms with Crippen molar-refractivity contribution < 1.29 is 5.11 Å². The number of hydrogen-bond acceptors (Lipinski definition) is 2. The molecule has 1 heterocycles. The first-order valence-corrected chi connectivity index (χ1v) is 5.72. The number of rotatable bonds is 2. The first-order chi connectivity index (χ1) is 7.16.